The Morgan fingerprint density at radius 2 is 1.21 bits per heavy atom. The molecule has 1 N–H and O–H groups in total. The van der Waals surface area contributed by atoms with Crippen molar-refractivity contribution in [3.05, 3.63) is 150 Å². The van der Waals surface area contributed by atoms with E-state index in [1.807, 2.05) is 6.08 Å². The monoisotopic (exact) mass is 507 g/mol. The van der Waals surface area contributed by atoms with Gasteiger partial charge in [0.15, 0.2) is 0 Å². The Bertz CT molecular complexity index is 1610. The standard InChI is InChI=1S/C37H33NO/c1-4-26-9-11-27(12-10-26)24-39-25-28-13-15-29(16-14-28)30-17-19-31(20-18-30)38-32-21-22-34-33-7-5-6-8-35(33)37(2,3)36(34)23-32/h4-23,38H,1,24-25H2,2-3H3. The maximum Gasteiger partial charge on any atom is 0.0721 e. The SMILES string of the molecule is C=Cc1ccc(COCc2ccc(-c3ccc(Nc4ccc5c(c4)C(C)(C)c4ccccc4-5)cc3)cc2)cc1. The van der Waals surface area contributed by atoms with Gasteiger partial charge in [-0.15, -0.1) is 0 Å². The van der Waals surface area contributed by atoms with Gasteiger partial charge < -0.3 is 10.1 Å². The summed E-state index contributed by atoms with van der Waals surface area (Å²) in [5, 5.41) is 3.61. The number of nitrogens with one attached hydrogen (secondary N) is 1. The molecule has 0 spiro atoms. The van der Waals surface area contributed by atoms with E-state index < -0.39 is 0 Å². The van der Waals surface area contributed by atoms with Crippen molar-refractivity contribution in [2.75, 3.05) is 5.32 Å². The van der Waals surface area contributed by atoms with Gasteiger partial charge >= 0.3 is 0 Å². The Labute approximate surface area is 231 Å². The lowest BCUT2D eigenvalue weighted by atomic mass is 9.82. The fourth-order valence-electron chi connectivity index (χ4n) is 5.52. The molecule has 1 aliphatic rings. The normalized spacial score (nSPS) is 13.0. The first-order chi connectivity index (χ1) is 19.0. The summed E-state index contributed by atoms with van der Waals surface area (Å²) < 4.78 is 5.92. The van der Waals surface area contributed by atoms with E-state index in [9.17, 15) is 0 Å². The summed E-state index contributed by atoms with van der Waals surface area (Å²) in [6, 6.07) is 41.1. The van der Waals surface area contributed by atoms with Gasteiger partial charge in [-0.1, -0.05) is 117 Å². The zero-order chi connectivity index (χ0) is 26.8. The van der Waals surface area contributed by atoms with E-state index in [1.165, 1.54) is 44.5 Å². The first-order valence-electron chi connectivity index (χ1n) is 13.5. The van der Waals surface area contributed by atoms with Crippen LogP contribution in [0.4, 0.5) is 11.4 Å². The Morgan fingerprint density at radius 3 is 1.87 bits per heavy atom. The number of hydrogen-bond donors (Lipinski definition) is 1. The van der Waals surface area contributed by atoms with Crippen molar-refractivity contribution in [1.29, 1.82) is 0 Å². The molecule has 0 aromatic heterocycles. The van der Waals surface area contributed by atoms with E-state index in [0.29, 0.717) is 13.2 Å². The van der Waals surface area contributed by atoms with Crippen molar-refractivity contribution >= 4 is 17.5 Å². The fourth-order valence-corrected chi connectivity index (χ4v) is 5.52. The minimum Gasteiger partial charge on any atom is -0.372 e. The van der Waals surface area contributed by atoms with Gasteiger partial charge in [-0.05, 0) is 74.3 Å². The van der Waals surface area contributed by atoms with Crippen molar-refractivity contribution < 1.29 is 4.74 Å². The Balaban J connectivity index is 1.08. The third-order valence-corrected chi connectivity index (χ3v) is 7.80. The molecule has 0 fully saturated rings. The van der Waals surface area contributed by atoms with Crippen LogP contribution in [0.1, 0.15) is 41.7 Å². The Hall–Kier alpha value is -4.40. The first-order valence-corrected chi connectivity index (χ1v) is 13.5. The highest BCUT2D eigenvalue weighted by Crippen LogP contribution is 2.49. The second-order valence-electron chi connectivity index (χ2n) is 10.8. The lowest BCUT2D eigenvalue weighted by molar-refractivity contribution is 0.107. The molecule has 0 bridgehead atoms. The van der Waals surface area contributed by atoms with E-state index in [-0.39, 0.29) is 5.41 Å². The Kier molecular flexibility index (Phi) is 6.64. The van der Waals surface area contributed by atoms with Crippen LogP contribution in [0.15, 0.2) is 122 Å². The predicted molar refractivity (Wildman–Crippen MR) is 164 cm³/mol. The maximum atomic E-state index is 5.92. The highest BCUT2D eigenvalue weighted by atomic mass is 16.5. The van der Waals surface area contributed by atoms with Crippen LogP contribution in [0.5, 0.6) is 0 Å². The molecule has 0 radical (unpaired) electrons. The second-order valence-corrected chi connectivity index (χ2v) is 10.8. The lowest BCUT2D eigenvalue weighted by Gasteiger charge is -2.22. The minimum absolute atomic E-state index is 0.00169. The van der Waals surface area contributed by atoms with Gasteiger partial charge in [-0.3, -0.25) is 0 Å². The molecule has 1 aliphatic carbocycles. The number of ether oxygens (including phenoxy) is 1. The summed E-state index contributed by atoms with van der Waals surface area (Å²) in [4.78, 5) is 0. The van der Waals surface area contributed by atoms with Crippen LogP contribution in [0, 0.1) is 0 Å². The van der Waals surface area contributed by atoms with Crippen molar-refractivity contribution in [2.24, 2.45) is 0 Å². The third-order valence-electron chi connectivity index (χ3n) is 7.80. The molecule has 0 amide bonds. The molecule has 39 heavy (non-hydrogen) atoms. The van der Waals surface area contributed by atoms with Gasteiger partial charge in [0, 0.05) is 16.8 Å². The predicted octanol–water partition coefficient (Wildman–Crippen LogP) is 9.76. The molecule has 2 nitrogen and oxygen atoms in total. The van der Waals surface area contributed by atoms with E-state index in [2.05, 4.69) is 141 Å². The molecule has 0 saturated heterocycles. The third kappa shape index (κ3) is 5.04. The van der Waals surface area contributed by atoms with Gasteiger partial charge in [0.1, 0.15) is 0 Å². The van der Waals surface area contributed by atoms with Crippen molar-refractivity contribution in [2.45, 2.75) is 32.5 Å². The largest absolute Gasteiger partial charge is 0.372 e. The van der Waals surface area contributed by atoms with Gasteiger partial charge in [-0.25, -0.2) is 0 Å². The van der Waals surface area contributed by atoms with Crippen LogP contribution in [0.25, 0.3) is 28.3 Å². The molecule has 6 rings (SSSR count). The fraction of sp³-hybridized carbons (Fsp3) is 0.135. The minimum atomic E-state index is 0.00169. The number of rotatable bonds is 8. The highest BCUT2D eigenvalue weighted by molar-refractivity contribution is 5.83. The molecule has 5 aromatic rings. The van der Waals surface area contributed by atoms with Crippen LogP contribution in [-0.4, -0.2) is 0 Å². The lowest BCUT2D eigenvalue weighted by Crippen LogP contribution is -2.15. The summed E-state index contributed by atoms with van der Waals surface area (Å²) >= 11 is 0. The van der Waals surface area contributed by atoms with Crippen LogP contribution < -0.4 is 5.32 Å². The summed E-state index contributed by atoms with van der Waals surface area (Å²) in [6.07, 6.45) is 1.85. The maximum absolute atomic E-state index is 5.92. The van der Waals surface area contributed by atoms with Gasteiger partial charge in [0.2, 0.25) is 0 Å². The summed E-state index contributed by atoms with van der Waals surface area (Å²) in [5.41, 5.74) is 13.5. The quantitative estimate of drug-likeness (QED) is 0.226. The second kappa shape index (κ2) is 10.4. The molecule has 0 saturated carbocycles. The van der Waals surface area contributed by atoms with Crippen LogP contribution in [0.3, 0.4) is 0 Å². The molecular weight excluding hydrogens is 474 g/mol. The van der Waals surface area contributed by atoms with Crippen LogP contribution >= 0.6 is 0 Å². The average molecular weight is 508 g/mol. The van der Waals surface area contributed by atoms with Gasteiger partial charge in [0.25, 0.3) is 0 Å². The van der Waals surface area contributed by atoms with Crippen molar-refractivity contribution in [1.82, 2.24) is 0 Å². The number of hydrogen-bond acceptors (Lipinski definition) is 2. The smallest absolute Gasteiger partial charge is 0.0721 e. The van der Waals surface area contributed by atoms with Crippen molar-refractivity contribution in [3.8, 4) is 22.3 Å². The zero-order valence-corrected chi connectivity index (χ0v) is 22.6. The molecular formula is C37H33NO. The van der Waals surface area contributed by atoms with Crippen LogP contribution in [-0.2, 0) is 23.4 Å². The molecule has 2 heteroatoms. The van der Waals surface area contributed by atoms with Gasteiger partial charge in [0.05, 0.1) is 13.2 Å². The van der Waals surface area contributed by atoms with Crippen LogP contribution in [0.2, 0.25) is 0 Å². The van der Waals surface area contributed by atoms with E-state index in [0.717, 1.165) is 16.9 Å². The van der Waals surface area contributed by atoms with E-state index in [1.54, 1.807) is 0 Å². The molecule has 0 heterocycles. The molecule has 5 aromatic carbocycles. The number of fused-ring (bicyclic) bond motifs is 3. The van der Waals surface area contributed by atoms with Crippen molar-refractivity contribution in [3.63, 3.8) is 0 Å². The summed E-state index contributed by atoms with van der Waals surface area (Å²) in [6.45, 7) is 9.62. The highest BCUT2D eigenvalue weighted by Gasteiger charge is 2.35. The van der Waals surface area contributed by atoms with E-state index in [4.69, 9.17) is 4.74 Å². The summed E-state index contributed by atoms with van der Waals surface area (Å²) in [7, 11) is 0. The van der Waals surface area contributed by atoms with E-state index >= 15 is 0 Å². The molecule has 0 atom stereocenters. The molecule has 0 aliphatic heterocycles. The topological polar surface area (TPSA) is 21.3 Å². The number of anilines is 2. The molecule has 0 unspecified atom stereocenters. The van der Waals surface area contributed by atoms with Gasteiger partial charge in [-0.2, -0.15) is 0 Å². The Morgan fingerprint density at radius 1 is 0.641 bits per heavy atom. The summed E-state index contributed by atoms with van der Waals surface area (Å²) in [5.74, 6) is 0. The first kappa shape index (κ1) is 24.9. The average Bonchev–Trinajstić information content (AvgIpc) is 3.20. The number of benzene rings is 5. The zero-order valence-electron chi connectivity index (χ0n) is 22.6. The molecule has 192 valence electrons.